The average Bonchev–Trinajstić information content (AvgIpc) is 2.62. The second-order valence-corrected chi connectivity index (χ2v) is 4.22. The van der Waals surface area contributed by atoms with Gasteiger partial charge in [0.25, 0.3) is 0 Å². The summed E-state index contributed by atoms with van der Waals surface area (Å²) >= 11 is 0. The fraction of sp³-hybridized carbons (Fsp3) is 0.125. The van der Waals surface area contributed by atoms with Gasteiger partial charge in [-0.2, -0.15) is 0 Å². The van der Waals surface area contributed by atoms with E-state index < -0.39 is 5.09 Å². The molecule has 0 amide bonds. The van der Waals surface area contributed by atoms with E-state index in [4.69, 9.17) is 24.8 Å². The zero-order valence-electron chi connectivity index (χ0n) is 15.0. The Bertz CT molecular complexity index is 697. The van der Waals surface area contributed by atoms with Crippen molar-refractivity contribution in [2.24, 2.45) is 0 Å². The van der Waals surface area contributed by atoms with Crippen molar-refractivity contribution in [3.05, 3.63) is 62.8 Å². The summed E-state index contributed by atoms with van der Waals surface area (Å²) in [5.74, 6) is -0.306. The Morgan fingerprint density at radius 2 is 1.11 bits per heavy atom. The molecule has 0 atom stereocenters. The molecule has 149 valence electrons. The molecule has 0 saturated carbocycles. The fourth-order valence-corrected chi connectivity index (χ4v) is 1.57. The van der Waals surface area contributed by atoms with Crippen molar-refractivity contribution in [1.82, 2.24) is 0 Å². The van der Waals surface area contributed by atoms with Gasteiger partial charge >= 0.3 is 46.6 Å². The van der Waals surface area contributed by atoms with Gasteiger partial charge in [0.1, 0.15) is 24.1 Å². The second-order valence-electron chi connectivity index (χ2n) is 4.22. The van der Waals surface area contributed by atoms with Crippen LogP contribution in [0.1, 0.15) is 20.7 Å². The van der Waals surface area contributed by atoms with Crippen molar-refractivity contribution in [2.45, 2.75) is 0 Å². The van der Waals surface area contributed by atoms with Crippen LogP contribution >= 0.6 is 0 Å². The number of hydrogen-bond donors (Lipinski definition) is 0. The second kappa shape index (κ2) is 16.8. The smallest absolute Gasteiger partial charge is 0.869 e. The minimum absolute atomic E-state index is 0. The first-order chi connectivity index (χ1) is 12.3. The first-order valence-electron chi connectivity index (χ1n) is 6.72. The Hall–Kier alpha value is -2.30. The molecular formula is C16H14CuNNaO9. The van der Waals surface area contributed by atoms with Gasteiger partial charge in [0, 0.05) is 11.1 Å². The maximum atomic E-state index is 11.1. The molecule has 0 fully saturated rings. The molecule has 10 nitrogen and oxygen atoms in total. The predicted octanol–water partition coefficient (Wildman–Crippen LogP) is -2.07. The summed E-state index contributed by atoms with van der Waals surface area (Å²) < 4.78 is 9.43. The molecule has 28 heavy (non-hydrogen) atoms. The van der Waals surface area contributed by atoms with Crippen LogP contribution in [0.4, 0.5) is 0 Å². The standard InChI is InChI=1S/2C8H8O3.Cu.NO3.Na/c2*1-11-7-4-2-3-6(5-9)8(7)10;;2-1(3)4;/h2*2-5,10H,1H3;;;/q;;+2;-1;+1/p-2. The Labute approximate surface area is 193 Å². The van der Waals surface area contributed by atoms with Crippen molar-refractivity contribution in [3.63, 3.8) is 0 Å². The Balaban J connectivity index is -0.000000355. The number of hydrogen-bond acceptors (Lipinski definition) is 9. The quantitative estimate of drug-likeness (QED) is 0.220. The molecule has 0 unspecified atom stereocenters. The van der Waals surface area contributed by atoms with Gasteiger partial charge in [0.15, 0.2) is 0 Å². The zero-order valence-corrected chi connectivity index (χ0v) is 18.0. The van der Waals surface area contributed by atoms with Crippen LogP contribution in [0.2, 0.25) is 0 Å². The third kappa shape index (κ3) is 10.8. The molecule has 0 saturated heterocycles. The van der Waals surface area contributed by atoms with E-state index in [2.05, 4.69) is 0 Å². The van der Waals surface area contributed by atoms with Gasteiger partial charge in [-0.1, -0.05) is 35.8 Å². The van der Waals surface area contributed by atoms with E-state index in [0.29, 0.717) is 12.6 Å². The molecule has 2 aromatic rings. The van der Waals surface area contributed by atoms with Crippen molar-refractivity contribution in [2.75, 3.05) is 14.2 Å². The summed E-state index contributed by atoms with van der Waals surface area (Å²) in [6, 6.07) is 9.16. The van der Waals surface area contributed by atoms with E-state index in [1.165, 1.54) is 38.5 Å². The SMILES string of the molecule is COc1cccc(C=O)c1[O-].COc1cccc(C=O)c1[O-].O=[N+]([O-])[O-].[Cu+2].[Na+]. The van der Waals surface area contributed by atoms with Crippen LogP contribution in [0.25, 0.3) is 0 Å². The van der Waals surface area contributed by atoms with E-state index in [1.54, 1.807) is 12.1 Å². The molecule has 0 aliphatic rings. The van der Waals surface area contributed by atoms with Crippen LogP contribution in [0.15, 0.2) is 36.4 Å². The van der Waals surface area contributed by atoms with Crippen molar-refractivity contribution >= 4 is 12.6 Å². The monoisotopic (exact) mass is 450 g/mol. The summed E-state index contributed by atoms with van der Waals surface area (Å²) in [4.78, 5) is 28.7. The van der Waals surface area contributed by atoms with Crippen LogP contribution in [0.5, 0.6) is 23.0 Å². The molecule has 0 heterocycles. The Morgan fingerprint density at radius 3 is 1.32 bits per heavy atom. The number of benzene rings is 2. The van der Waals surface area contributed by atoms with E-state index >= 15 is 0 Å². The summed E-state index contributed by atoms with van der Waals surface area (Å²) in [7, 11) is 2.79. The first-order valence-corrected chi connectivity index (χ1v) is 6.72. The number of nitrogens with zero attached hydrogens (tertiary/aromatic N) is 1. The molecule has 0 aliphatic heterocycles. The van der Waals surface area contributed by atoms with Crippen LogP contribution in [0.3, 0.4) is 0 Å². The number of ether oxygens (including phenoxy) is 2. The molecular weight excluding hydrogens is 437 g/mol. The van der Waals surface area contributed by atoms with Gasteiger partial charge in [-0.15, -0.1) is 0 Å². The van der Waals surface area contributed by atoms with Gasteiger partial charge in [-0.3, -0.25) is 9.59 Å². The molecule has 0 spiro atoms. The molecule has 1 radical (unpaired) electrons. The van der Waals surface area contributed by atoms with Gasteiger partial charge in [-0.25, -0.2) is 0 Å². The van der Waals surface area contributed by atoms with E-state index in [9.17, 15) is 19.8 Å². The fourth-order valence-electron chi connectivity index (χ4n) is 1.57. The number of para-hydroxylation sites is 2. The molecule has 2 rings (SSSR count). The summed E-state index contributed by atoms with van der Waals surface area (Å²) in [5.41, 5.74) is 0.258. The summed E-state index contributed by atoms with van der Waals surface area (Å²) in [6.07, 6.45) is 1.04. The molecule has 0 bridgehead atoms. The van der Waals surface area contributed by atoms with E-state index in [-0.39, 0.29) is 80.8 Å². The molecule has 12 heteroatoms. The molecule has 0 N–H and O–H groups in total. The van der Waals surface area contributed by atoms with E-state index in [0.717, 1.165) is 0 Å². The van der Waals surface area contributed by atoms with Gasteiger partial charge < -0.3 is 35.0 Å². The maximum Gasteiger partial charge on any atom is 2.00 e. The minimum atomic E-state index is -1.75. The zero-order chi connectivity index (χ0) is 20.1. The van der Waals surface area contributed by atoms with E-state index in [1.807, 2.05) is 0 Å². The maximum absolute atomic E-state index is 11.1. The largest absolute Gasteiger partial charge is 2.00 e. The third-order valence-corrected chi connectivity index (χ3v) is 2.71. The molecule has 0 aliphatic carbocycles. The molecule has 2 aromatic carbocycles. The average molecular weight is 451 g/mol. The van der Waals surface area contributed by atoms with Crippen molar-refractivity contribution in [1.29, 1.82) is 0 Å². The van der Waals surface area contributed by atoms with Crippen LogP contribution in [-0.4, -0.2) is 31.9 Å². The van der Waals surface area contributed by atoms with Crippen molar-refractivity contribution < 1.29 is 81.0 Å². The van der Waals surface area contributed by atoms with Crippen LogP contribution < -0.4 is 49.2 Å². The van der Waals surface area contributed by atoms with Crippen molar-refractivity contribution in [3.8, 4) is 23.0 Å². The predicted molar refractivity (Wildman–Crippen MR) is 86.0 cm³/mol. The number of carbonyl (C=O) groups is 2. The third-order valence-electron chi connectivity index (χ3n) is 2.71. The van der Waals surface area contributed by atoms with Gasteiger partial charge in [0.2, 0.25) is 0 Å². The summed E-state index contributed by atoms with van der Waals surface area (Å²) in [6.45, 7) is 0. The number of carbonyl (C=O) groups excluding carboxylic acids is 2. The van der Waals surface area contributed by atoms with Crippen LogP contribution in [0, 0.1) is 15.3 Å². The van der Waals surface area contributed by atoms with Gasteiger partial charge in [0.05, 0.1) is 19.3 Å². The molecule has 0 aromatic heterocycles. The van der Waals surface area contributed by atoms with Crippen LogP contribution in [-0.2, 0) is 17.1 Å². The minimum Gasteiger partial charge on any atom is -0.869 e. The Morgan fingerprint density at radius 1 is 0.821 bits per heavy atom. The topological polar surface area (TPSA) is 165 Å². The normalized spacial score (nSPS) is 8.07. The number of methoxy groups -OCH3 is 2. The number of aldehydes is 2. The first kappa shape index (κ1) is 30.4. The number of rotatable bonds is 4. The summed E-state index contributed by atoms with van der Waals surface area (Å²) in [5, 5.41) is 36.9. The van der Waals surface area contributed by atoms with Gasteiger partial charge in [-0.05, 0) is 12.1 Å². The Kier molecular flexibility index (Phi) is 18.3.